The molecule has 0 bridgehead atoms. The maximum atomic E-state index is 11.8. The van der Waals surface area contributed by atoms with Crippen LogP contribution in [0.2, 0.25) is 0 Å². The number of fused-ring (bicyclic) bond motifs is 1. The van der Waals surface area contributed by atoms with Crippen molar-refractivity contribution in [1.82, 2.24) is 14.8 Å². The van der Waals surface area contributed by atoms with Gasteiger partial charge in [0.1, 0.15) is 0 Å². The van der Waals surface area contributed by atoms with E-state index in [1.54, 1.807) is 0 Å². The van der Waals surface area contributed by atoms with E-state index in [0.717, 1.165) is 17.6 Å². The summed E-state index contributed by atoms with van der Waals surface area (Å²) in [6.45, 7) is 2.81. The van der Waals surface area contributed by atoms with Crippen molar-refractivity contribution in [3.63, 3.8) is 0 Å². The monoisotopic (exact) mass is 321 g/mol. The van der Waals surface area contributed by atoms with E-state index in [0.29, 0.717) is 13.1 Å². The molecule has 2 heterocycles. The van der Waals surface area contributed by atoms with Gasteiger partial charge in [0.05, 0.1) is 6.54 Å². The van der Waals surface area contributed by atoms with Gasteiger partial charge in [-0.2, -0.15) is 0 Å². The number of piperazine rings is 1. The van der Waals surface area contributed by atoms with Gasteiger partial charge in [-0.3, -0.25) is 4.79 Å². The second-order valence-electron chi connectivity index (χ2n) is 4.92. The molecule has 1 fully saturated rings. The van der Waals surface area contributed by atoms with Crippen LogP contribution in [0.15, 0.2) is 28.9 Å². The van der Waals surface area contributed by atoms with Crippen molar-refractivity contribution in [3.05, 3.63) is 34.4 Å². The number of hydrogen-bond donors (Lipinski definition) is 1. The summed E-state index contributed by atoms with van der Waals surface area (Å²) >= 11 is 3.50. The fourth-order valence-electron chi connectivity index (χ4n) is 2.59. The molecule has 5 heteroatoms. The Kier molecular flexibility index (Phi) is 3.33. The van der Waals surface area contributed by atoms with Crippen molar-refractivity contribution in [3.8, 4) is 0 Å². The molecule has 0 atom stereocenters. The Morgan fingerprint density at radius 2 is 2.26 bits per heavy atom. The molecule has 2 aromatic rings. The summed E-state index contributed by atoms with van der Waals surface area (Å²) in [5.41, 5.74) is 2.40. The molecule has 1 aromatic heterocycles. The zero-order valence-corrected chi connectivity index (χ0v) is 12.4. The summed E-state index contributed by atoms with van der Waals surface area (Å²) in [7, 11) is 2.04. The number of aryl methyl sites for hydroxylation is 1. The lowest BCUT2D eigenvalue weighted by Crippen LogP contribution is -2.47. The molecule has 1 aromatic carbocycles. The molecule has 1 N–H and O–H groups in total. The molecule has 19 heavy (non-hydrogen) atoms. The highest BCUT2D eigenvalue weighted by atomic mass is 79.9. The lowest BCUT2D eigenvalue weighted by molar-refractivity contribution is -0.132. The van der Waals surface area contributed by atoms with E-state index in [1.165, 1.54) is 16.5 Å². The lowest BCUT2D eigenvalue weighted by Gasteiger charge is -2.27. The topological polar surface area (TPSA) is 37.3 Å². The number of aromatic nitrogens is 1. The first-order valence-electron chi connectivity index (χ1n) is 6.37. The highest BCUT2D eigenvalue weighted by molar-refractivity contribution is 9.10. The standard InChI is InChI=1S/C14H16BrN3O/c1-17-8-10(9-18-5-4-16-7-14(18)19)12-3-2-11(15)6-13(12)17/h2-3,6,8,16H,4-5,7,9H2,1H3. The van der Waals surface area contributed by atoms with Gasteiger partial charge in [-0.05, 0) is 17.7 Å². The van der Waals surface area contributed by atoms with Crippen LogP contribution < -0.4 is 5.32 Å². The third-order valence-corrected chi connectivity index (χ3v) is 4.08. The fraction of sp³-hybridized carbons (Fsp3) is 0.357. The molecular formula is C14H16BrN3O. The largest absolute Gasteiger partial charge is 0.350 e. The minimum Gasteiger partial charge on any atom is -0.350 e. The van der Waals surface area contributed by atoms with Crippen molar-refractivity contribution >= 4 is 32.7 Å². The Bertz CT molecular complexity index is 635. The normalized spacial score (nSPS) is 16.3. The van der Waals surface area contributed by atoms with Crippen LogP contribution in [0.4, 0.5) is 0 Å². The van der Waals surface area contributed by atoms with Crippen LogP contribution in [-0.4, -0.2) is 35.0 Å². The number of carbonyl (C=O) groups excluding carboxylic acids is 1. The average Bonchev–Trinajstić information content (AvgIpc) is 2.69. The Hall–Kier alpha value is -1.33. The van der Waals surface area contributed by atoms with Crippen molar-refractivity contribution in [2.75, 3.05) is 19.6 Å². The third-order valence-electron chi connectivity index (χ3n) is 3.58. The van der Waals surface area contributed by atoms with E-state index in [2.05, 4.69) is 44.1 Å². The van der Waals surface area contributed by atoms with Crippen molar-refractivity contribution in [2.24, 2.45) is 7.05 Å². The van der Waals surface area contributed by atoms with E-state index < -0.39 is 0 Å². The predicted octanol–water partition coefficient (Wildman–Crippen LogP) is 1.87. The lowest BCUT2D eigenvalue weighted by atomic mass is 10.1. The highest BCUT2D eigenvalue weighted by Crippen LogP contribution is 2.25. The van der Waals surface area contributed by atoms with Gasteiger partial charge in [-0.25, -0.2) is 0 Å². The van der Waals surface area contributed by atoms with Gasteiger partial charge in [0.25, 0.3) is 0 Å². The summed E-state index contributed by atoms with van der Waals surface area (Å²) in [6.07, 6.45) is 2.12. The van der Waals surface area contributed by atoms with Crippen LogP contribution in [-0.2, 0) is 18.4 Å². The van der Waals surface area contributed by atoms with Gasteiger partial charge >= 0.3 is 0 Å². The van der Waals surface area contributed by atoms with Crippen LogP contribution in [0.3, 0.4) is 0 Å². The van der Waals surface area contributed by atoms with Crippen LogP contribution in [0.25, 0.3) is 10.9 Å². The molecule has 3 rings (SSSR count). The smallest absolute Gasteiger partial charge is 0.236 e. The highest BCUT2D eigenvalue weighted by Gasteiger charge is 2.19. The first-order valence-corrected chi connectivity index (χ1v) is 7.16. The maximum Gasteiger partial charge on any atom is 0.236 e. The average molecular weight is 322 g/mol. The van der Waals surface area contributed by atoms with E-state index in [-0.39, 0.29) is 5.91 Å². The van der Waals surface area contributed by atoms with Crippen molar-refractivity contribution in [2.45, 2.75) is 6.54 Å². The molecule has 100 valence electrons. The number of nitrogens with zero attached hydrogens (tertiary/aromatic N) is 2. The Balaban J connectivity index is 1.94. The second-order valence-corrected chi connectivity index (χ2v) is 5.83. The number of hydrogen-bond acceptors (Lipinski definition) is 2. The Morgan fingerprint density at radius 3 is 3.05 bits per heavy atom. The minimum atomic E-state index is 0.181. The number of nitrogens with one attached hydrogen (secondary N) is 1. The van der Waals surface area contributed by atoms with Crippen molar-refractivity contribution < 1.29 is 4.79 Å². The van der Waals surface area contributed by atoms with Crippen molar-refractivity contribution in [1.29, 1.82) is 0 Å². The zero-order chi connectivity index (χ0) is 13.4. The van der Waals surface area contributed by atoms with Gasteiger partial charge in [0.15, 0.2) is 0 Å². The Labute approximate surface area is 120 Å². The molecule has 1 aliphatic rings. The van der Waals surface area contributed by atoms with E-state index in [1.807, 2.05) is 18.0 Å². The molecule has 1 amide bonds. The fourth-order valence-corrected chi connectivity index (χ4v) is 2.93. The molecule has 0 spiro atoms. The first kappa shape index (κ1) is 12.7. The predicted molar refractivity (Wildman–Crippen MR) is 78.9 cm³/mol. The summed E-state index contributed by atoms with van der Waals surface area (Å²) in [5, 5.41) is 4.32. The summed E-state index contributed by atoms with van der Waals surface area (Å²) < 4.78 is 3.19. The van der Waals surface area contributed by atoms with Crippen LogP contribution >= 0.6 is 15.9 Å². The number of carbonyl (C=O) groups is 1. The van der Waals surface area contributed by atoms with Gasteiger partial charge in [-0.15, -0.1) is 0 Å². The molecule has 0 radical (unpaired) electrons. The van der Waals surface area contributed by atoms with Gasteiger partial charge in [0.2, 0.25) is 5.91 Å². The van der Waals surface area contributed by atoms with Gasteiger partial charge < -0.3 is 14.8 Å². The zero-order valence-electron chi connectivity index (χ0n) is 10.8. The quantitative estimate of drug-likeness (QED) is 0.917. The molecule has 0 aliphatic carbocycles. The Morgan fingerprint density at radius 1 is 1.42 bits per heavy atom. The minimum absolute atomic E-state index is 0.181. The number of halogens is 1. The summed E-state index contributed by atoms with van der Waals surface area (Å²) in [4.78, 5) is 13.8. The number of benzene rings is 1. The molecule has 1 saturated heterocycles. The second kappa shape index (κ2) is 4.98. The van der Waals surface area contributed by atoms with Gasteiger partial charge in [0, 0.05) is 48.3 Å². The number of rotatable bonds is 2. The van der Waals surface area contributed by atoms with Crippen LogP contribution in [0.5, 0.6) is 0 Å². The van der Waals surface area contributed by atoms with E-state index in [4.69, 9.17) is 0 Å². The molecule has 0 saturated carbocycles. The molecule has 4 nitrogen and oxygen atoms in total. The van der Waals surface area contributed by atoms with E-state index in [9.17, 15) is 4.79 Å². The molecule has 0 unspecified atom stereocenters. The maximum absolute atomic E-state index is 11.8. The molecule has 1 aliphatic heterocycles. The van der Waals surface area contributed by atoms with Gasteiger partial charge in [-0.1, -0.05) is 22.0 Å². The summed E-state index contributed by atoms with van der Waals surface area (Å²) in [6, 6.07) is 6.27. The van der Waals surface area contributed by atoms with Crippen LogP contribution in [0.1, 0.15) is 5.56 Å². The SMILES string of the molecule is Cn1cc(CN2CCNCC2=O)c2ccc(Br)cc21. The summed E-state index contributed by atoms with van der Waals surface area (Å²) in [5.74, 6) is 0.181. The molecular weight excluding hydrogens is 306 g/mol. The van der Waals surface area contributed by atoms with E-state index >= 15 is 0 Å². The third kappa shape index (κ3) is 2.40. The first-order chi connectivity index (χ1) is 9.15. The number of amides is 1. The van der Waals surface area contributed by atoms with Crippen LogP contribution in [0, 0.1) is 0 Å².